The van der Waals surface area contributed by atoms with Gasteiger partial charge in [-0.1, -0.05) is 42.5 Å². The standard InChI is InChI=1S/C18H18N2O3/c21-18(22)17-19-15-10-4-8-14(16(15)20-17)9-5-11-23-12-13-6-2-1-3-7-13/h1-4,6-8,10H,5,9,11-12H2,(H,19,20)(H,21,22). The van der Waals surface area contributed by atoms with Gasteiger partial charge in [-0.3, -0.25) is 0 Å². The number of rotatable bonds is 7. The second-order valence-corrected chi connectivity index (χ2v) is 5.35. The number of nitrogens with zero attached hydrogens (tertiary/aromatic N) is 1. The minimum Gasteiger partial charge on any atom is -0.475 e. The zero-order chi connectivity index (χ0) is 16.1. The summed E-state index contributed by atoms with van der Waals surface area (Å²) >= 11 is 0. The first kappa shape index (κ1) is 15.2. The van der Waals surface area contributed by atoms with E-state index in [-0.39, 0.29) is 5.82 Å². The molecule has 23 heavy (non-hydrogen) atoms. The van der Waals surface area contributed by atoms with E-state index in [1.807, 2.05) is 48.5 Å². The summed E-state index contributed by atoms with van der Waals surface area (Å²) in [5, 5.41) is 9.02. The molecule has 0 fully saturated rings. The second-order valence-electron chi connectivity index (χ2n) is 5.35. The number of aryl methyl sites for hydroxylation is 1. The number of carboxylic acids is 1. The number of para-hydroxylation sites is 1. The van der Waals surface area contributed by atoms with E-state index in [0.29, 0.717) is 13.2 Å². The molecule has 2 aromatic carbocycles. The van der Waals surface area contributed by atoms with E-state index in [9.17, 15) is 4.79 Å². The lowest BCUT2D eigenvalue weighted by molar-refractivity contribution is 0.0685. The molecule has 5 nitrogen and oxygen atoms in total. The molecule has 0 saturated heterocycles. The Hall–Kier alpha value is -2.66. The maximum absolute atomic E-state index is 11.0. The molecule has 118 valence electrons. The number of carbonyl (C=O) groups is 1. The molecule has 3 rings (SSSR count). The summed E-state index contributed by atoms with van der Waals surface area (Å²) in [6.45, 7) is 1.26. The van der Waals surface area contributed by atoms with Crippen molar-refractivity contribution in [3.63, 3.8) is 0 Å². The number of benzene rings is 2. The molecule has 0 spiro atoms. The Kier molecular flexibility index (Phi) is 4.68. The summed E-state index contributed by atoms with van der Waals surface area (Å²) < 4.78 is 5.67. The monoisotopic (exact) mass is 310 g/mol. The predicted molar refractivity (Wildman–Crippen MR) is 87.5 cm³/mol. The molecule has 0 aliphatic heterocycles. The maximum atomic E-state index is 11.0. The molecule has 0 atom stereocenters. The molecule has 0 aliphatic rings. The predicted octanol–water partition coefficient (Wildman–Crippen LogP) is 3.41. The van der Waals surface area contributed by atoms with Crippen molar-refractivity contribution in [2.45, 2.75) is 19.4 Å². The molecule has 3 aromatic rings. The number of fused-ring (bicyclic) bond motifs is 1. The van der Waals surface area contributed by atoms with Crippen LogP contribution in [-0.4, -0.2) is 27.7 Å². The first-order valence-corrected chi connectivity index (χ1v) is 7.56. The molecule has 2 N–H and O–H groups in total. The first-order valence-electron chi connectivity index (χ1n) is 7.56. The summed E-state index contributed by atoms with van der Waals surface area (Å²) in [7, 11) is 0. The number of carboxylic acid groups (broad SMARTS) is 1. The van der Waals surface area contributed by atoms with E-state index in [0.717, 1.165) is 35.0 Å². The van der Waals surface area contributed by atoms with Gasteiger partial charge in [-0.25, -0.2) is 9.78 Å². The number of hydrogen-bond donors (Lipinski definition) is 2. The van der Waals surface area contributed by atoms with Crippen LogP contribution in [0.25, 0.3) is 11.0 Å². The molecular weight excluding hydrogens is 292 g/mol. The van der Waals surface area contributed by atoms with Crippen LogP contribution in [0.15, 0.2) is 48.5 Å². The van der Waals surface area contributed by atoms with Gasteiger partial charge in [-0.05, 0) is 30.0 Å². The Morgan fingerprint density at radius 2 is 1.96 bits per heavy atom. The highest BCUT2D eigenvalue weighted by atomic mass is 16.5. The summed E-state index contributed by atoms with van der Waals surface area (Å²) in [6, 6.07) is 15.8. The summed E-state index contributed by atoms with van der Waals surface area (Å²) in [5.41, 5.74) is 3.68. The maximum Gasteiger partial charge on any atom is 0.371 e. The van der Waals surface area contributed by atoms with E-state index in [4.69, 9.17) is 9.84 Å². The highest BCUT2D eigenvalue weighted by molar-refractivity contribution is 5.89. The molecule has 1 aromatic heterocycles. The number of H-pyrrole nitrogens is 1. The third-order valence-corrected chi connectivity index (χ3v) is 3.65. The average Bonchev–Trinajstić information content (AvgIpc) is 3.01. The van der Waals surface area contributed by atoms with Crippen molar-refractivity contribution >= 4 is 17.0 Å². The zero-order valence-corrected chi connectivity index (χ0v) is 12.7. The molecular formula is C18H18N2O3. The number of imidazole rings is 1. The summed E-state index contributed by atoms with van der Waals surface area (Å²) in [6.07, 6.45) is 1.66. The van der Waals surface area contributed by atoms with Crippen LogP contribution in [0.2, 0.25) is 0 Å². The van der Waals surface area contributed by atoms with Gasteiger partial charge in [-0.2, -0.15) is 0 Å². The smallest absolute Gasteiger partial charge is 0.371 e. The van der Waals surface area contributed by atoms with Crippen LogP contribution in [0.5, 0.6) is 0 Å². The van der Waals surface area contributed by atoms with E-state index in [1.54, 1.807) is 0 Å². The summed E-state index contributed by atoms with van der Waals surface area (Å²) in [5.74, 6) is -1.06. The van der Waals surface area contributed by atoms with Gasteiger partial charge in [-0.15, -0.1) is 0 Å². The second kappa shape index (κ2) is 7.07. The van der Waals surface area contributed by atoms with Gasteiger partial charge in [0.1, 0.15) is 0 Å². The van der Waals surface area contributed by atoms with Crippen LogP contribution in [0.4, 0.5) is 0 Å². The molecule has 0 radical (unpaired) electrons. The number of aromatic amines is 1. The van der Waals surface area contributed by atoms with Gasteiger partial charge in [0.05, 0.1) is 17.6 Å². The largest absolute Gasteiger partial charge is 0.475 e. The van der Waals surface area contributed by atoms with Crippen molar-refractivity contribution in [3.8, 4) is 0 Å². The molecule has 0 amide bonds. The fourth-order valence-electron chi connectivity index (χ4n) is 2.52. The Morgan fingerprint density at radius 1 is 1.13 bits per heavy atom. The van der Waals surface area contributed by atoms with Crippen molar-refractivity contribution in [1.82, 2.24) is 9.97 Å². The van der Waals surface area contributed by atoms with Crippen LogP contribution in [0.3, 0.4) is 0 Å². The van der Waals surface area contributed by atoms with Gasteiger partial charge in [0.25, 0.3) is 0 Å². The number of aromatic carboxylic acids is 1. The lowest BCUT2D eigenvalue weighted by Gasteiger charge is -2.05. The number of hydrogen-bond acceptors (Lipinski definition) is 3. The van der Waals surface area contributed by atoms with Crippen molar-refractivity contribution in [1.29, 1.82) is 0 Å². The topological polar surface area (TPSA) is 75.2 Å². The lowest BCUT2D eigenvalue weighted by Crippen LogP contribution is -1.99. The van der Waals surface area contributed by atoms with Crippen molar-refractivity contribution < 1.29 is 14.6 Å². The van der Waals surface area contributed by atoms with E-state index >= 15 is 0 Å². The van der Waals surface area contributed by atoms with Gasteiger partial charge >= 0.3 is 5.97 Å². The summed E-state index contributed by atoms with van der Waals surface area (Å²) in [4.78, 5) is 18.0. The van der Waals surface area contributed by atoms with Gasteiger partial charge < -0.3 is 14.8 Å². The van der Waals surface area contributed by atoms with Crippen molar-refractivity contribution in [2.75, 3.05) is 6.61 Å². The molecule has 5 heteroatoms. The highest BCUT2D eigenvalue weighted by Crippen LogP contribution is 2.18. The first-order chi connectivity index (χ1) is 11.2. The Balaban J connectivity index is 1.56. The molecule has 0 bridgehead atoms. The minimum absolute atomic E-state index is 0.0206. The number of aromatic nitrogens is 2. The zero-order valence-electron chi connectivity index (χ0n) is 12.7. The molecule has 0 aliphatic carbocycles. The lowest BCUT2D eigenvalue weighted by atomic mass is 10.1. The fourth-order valence-corrected chi connectivity index (χ4v) is 2.52. The van der Waals surface area contributed by atoms with Crippen LogP contribution in [0, 0.1) is 0 Å². The number of ether oxygens (including phenoxy) is 1. The molecule has 0 unspecified atom stereocenters. The van der Waals surface area contributed by atoms with Gasteiger partial charge in [0, 0.05) is 6.61 Å². The molecule has 0 saturated carbocycles. The minimum atomic E-state index is -1.04. The highest BCUT2D eigenvalue weighted by Gasteiger charge is 2.11. The quantitative estimate of drug-likeness (QED) is 0.656. The van der Waals surface area contributed by atoms with Crippen LogP contribution < -0.4 is 0 Å². The van der Waals surface area contributed by atoms with Crippen molar-refractivity contribution in [2.24, 2.45) is 0 Å². The van der Waals surface area contributed by atoms with Crippen LogP contribution in [-0.2, 0) is 17.8 Å². The van der Waals surface area contributed by atoms with E-state index in [1.165, 1.54) is 0 Å². The third kappa shape index (κ3) is 3.76. The Labute approximate surface area is 133 Å². The number of nitrogens with one attached hydrogen (secondary N) is 1. The fraction of sp³-hybridized carbons (Fsp3) is 0.222. The van der Waals surface area contributed by atoms with Crippen molar-refractivity contribution in [3.05, 3.63) is 65.5 Å². The van der Waals surface area contributed by atoms with Crippen LogP contribution in [0.1, 0.15) is 28.2 Å². The van der Waals surface area contributed by atoms with E-state index in [2.05, 4.69) is 9.97 Å². The molecule has 1 heterocycles. The SMILES string of the molecule is O=C(O)c1nc2c(CCCOCc3ccccc3)cccc2[nH]1. The Morgan fingerprint density at radius 3 is 2.74 bits per heavy atom. The van der Waals surface area contributed by atoms with Crippen LogP contribution >= 0.6 is 0 Å². The average molecular weight is 310 g/mol. The van der Waals surface area contributed by atoms with E-state index < -0.39 is 5.97 Å². The van der Waals surface area contributed by atoms with Gasteiger partial charge in [0.2, 0.25) is 5.82 Å². The van der Waals surface area contributed by atoms with Gasteiger partial charge in [0.15, 0.2) is 0 Å². The third-order valence-electron chi connectivity index (χ3n) is 3.65. The Bertz CT molecular complexity index is 796. The normalized spacial score (nSPS) is 11.0.